The van der Waals surface area contributed by atoms with Crippen LogP contribution in [0.3, 0.4) is 0 Å². The highest BCUT2D eigenvalue weighted by molar-refractivity contribution is 7.94. The second-order valence-corrected chi connectivity index (χ2v) is 12.4. The van der Waals surface area contributed by atoms with E-state index in [2.05, 4.69) is 28.3 Å². The summed E-state index contributed by atoms with van der Waals surface area (Å²) in [5.41, 5.74) is 2.81. The first kappa shape index (κ1) is 30.3. The molecule has 41 heavy (non-hydrogen) atoms. The molecule has 0 unspecified atom stereocenters. The molecule has 7 nitrogen and oxygen atoms in total. The Morgan fingerprint density at radius 3 is 2.37 bits per heavy atom. The Morgan fingerprint density at radius 2 is 1.66 bits per heavy atom. The van der Waals surface area contributed by atoms with Gasteiger partial charge in [0.1, 0.15) is 15.8 Å². The minimum absolute atomic E-state index is 0.0424. The van der Waals surface area contributed by atoms with Gasteiger partial charge in [-0.2, -0.15) is 0 Å². The quantitative estimate of drug-likeness (QED) is 0.175. The lowest BCUT2D eigenvalue weighted by molar-refractivity contribution is 0.0830. The molecular formula is C30H31F2N3O4S2. The second-order valence-electron chi connectivity index (χ2n) is 9.55. The fraction of sp³-hybridized carbons (Fsp3) is 0.233. The zero-order valence-electron chi connectivity index (χ0n) is 22.3. The number of rotatable bonds is 13. The maximum Gasteiger partial charge on any atom is 0.271 e. The number of carbonyl (C=O) groups excluding carboxylic acids is 1. The van der Waals surface area contributed by atoms with Crippen molar-refractivity contribution in [2.45, 2.75) is 42.7 Å². The van der Waals surface area contributed by atoms with E-state index in [1.807, 2.05) is 18.2 Å². The first-order chi connectivity index (χ1) is 19.6. The van der Waals surface area contributed by atoms with Crippen LogP contribution in [0.5, 0.6) is 0 Å². The summed E-state index contributed by atoms with van der Waals surface area (Å²) in [6, 6.07) is 19.2. The predicted octanol–water partition coefficient (Wildman–Crippen LogP) is 4.88. The molecule has 0 aliphatic carbocycles. The zero-order valence-corrected chi connectivity index (χ0v) is 23.9. The number of thiophene rings is 1. The highest BCUT2D eigenvalue weighted by Crippen LogP contribution is 2.21. The molecule has 4 aromatic rings. The van der Waals surface area contributed by atoms with Crippen LogP contribution in [0.25, 0.3) is 0 Å². The molecule has 0 aliphatic heterocycles. The molecule has 3 aromatic carbocycles. The fourth-order valence-corrected chi connectivity index (χ4v) is 6.37. The average molecular weight is 600 g/mol. The molecule has 2 atom stereocenters. The number of amides is 1. The van der Waals surface area contributed by atoms with Crippen LogP contribution in [0, 0.1) is 11.6 Å². The van der Waals surface area contributed by atoms with E-state index in [4.69, 9.17) is 0 Å². The van der Waals surface area contributed by atoms with Crippen LogP contribution in [0.2, 0.25) is 0 Å². The van der Waals surface area contributed by atoms with Gasteiger partial charge in [0, 0.05) is 30.4 Å². The van der Waals surface area contributed by atoms with Crippen molar-refractivity contribution in [3.63, 3.8) is 0 Å². The van der Waals surface area contributed by atoms with Crippen molar-refractivity contribution in [3.8, 4) is 0 Å². The number of hydrogen-bond acceptors (Lipinski definition) is 6. The largest absolute Gasteiger partial charge is 0.390 e. The van der Waals surface area contributed by atoms with Crippen LogP contribution in [-0.2, 0) is 29.4 Å². The van der Waals surface area contributed by atoms with E-state index in [1.54, 1.807) is 11.4 Å². The Balaban J connectivity index is 1.48. The van der Waals surface area contributed by atoms with Crippen molar-refractivity contribution in [3.05, 3.63) is 118 Å². The highest BCUT2D eigenvalue weighted by Gasteiger charge is 2.24. The summed E-state index contributed by atoms with van der Waals surface area (Å²) in [7, 11) is -3.82. The lowest BCUT2D eigenvalue weighted by Gasteiger charge is -2.25. The molecule has 4 N–H and O–H groups in total. The summed E-state index contributed by atoms with van der Waals surface area (Å²) in [5.74, 6) is -2.11. The lowest BCUT2D eigenvalue weighted by Crippen LogP contribution is -2.48. The molecule has 0 fully saturated rings. The molecule has 1 aromatic heterocycles. The van der Waals surface area contributed by atoms with E-state index in [-0.39, 0.29) is 34.0 Å². The van der Waals surface area contributed by atoms with Gasteiger partial charge in [-0.25, -0.2) is 17.2 Å². The van der Waals surface area contributed by atoms with Crippen LogP contribution < -0.4 is 15.4 Å². The second kappa shape index (κ2) is 13.8. The van der Waals surface area contributed by atoms with E-state index in [0.29, 0.717) is 6.54 Å². The summed E-state index contributed by atoms with van der Waals surface area (Å²) in [5, 5.41) is 18.6. The predicted molar refractivity (Wildman–Crippen MR) is 156 cm³/mol. The average Bonchev–Trinajstić information content (AvgIpc) is 3.49. The first-order valence-electron chi connectivity index (χ1n) is 13.0. The standard InChI is InChI=1S/C30H31F2N3O4S2/c1-2-20-6-3-7-21(12-20)18-33-19-28(36)27(15-22-13-24(31)17-25(32)14-22)34-30(37)23-8-4-9-26(16-23)35-41(38,39)29-10-5-11-40-29/h3-14,16-17,27-28,33,35-36H,2,15,18-19H2,1H3,(H,34,37)/t27-,28-/m0/s1. The van der Waals surface area contributed by atoms with Gasteiger partial charge in [0.05, 0.1) is 12.1 Å². The van der Waals surface area contributed by atoms with Gasteiger partial charge in [0.25, 0.3) is 15.9 Å². The lowest BCUT2D eigenvalue weighted by atomic mass is 10.00. The van der Waals surface area contributed by atoms with Crippen LogP contribution >= 0.6 is 11.3 Å². The summed E-state index contributed by atoms with van der Waals surface area (Å²) in [6.45, 7) is 2.64. The van der Waals surface area contributed by atoms with Gasteiger partial charge in [-0.1, -0.05) is 43.3 Å². The Bertz CT molecular complexity index is 1560. The fourth-order valence-electron chi connectivity index (χ4n) is 4.33. The van der Waals surface area contributed by atoms with Crippen LogP contribution in [0.15, 0.2) is 88.5 Å². The normalized spacial score (nSPS) is 13.0. The van der Waals surface area contributed by atoms with Crippen molar-refractivity contribution in [1.29, 1.82) is 0 Å². The van der Waals surface area contributed by atoms with Crippen LogP contribution in [0.1, 0.15) is 34.0 Å². The number of benzene rings is 3. The number of carbonyl (C=O) groups is 1. The van der Waals surface area contributed by atoms with Gasteiger partial charge in [0.15, 0.2) is 0 Å². The number of sulfonamides is 1. The molecule has 0 spiro atoms. The molecule has 216 valence electrons. The third kappa shape index (κ3) is 8.67. The maximum absolute atomic E-state index is 13.9. The molecule has 11 heteroatoms. The van der Waals surface area contributed by atoms with Crippen LogP contribution in [0.4, 0.5) is 14.5 Å². The Labute approximate surface area is 242 Å². The van der Waals surface area contributed by atoms with E-state index in [9.17, 15) is 27.1 Å². The summed E-state index contributed by atoms with van der Waals surface area (Å²) in [4.78, 5) is 13.2. The van der Waals surface area contributed by atoms with Crippen molar-refractivity contribution in [1.82, 2.24) is 10.6 Å². The zero-order chi connectivity index (χ0) is 29.4. The van der Waals surface area contributed by atoms with Crippen molar-refractivity contribution < 1.29 is 27.1 Å². The molecule has 0 aliphatic rings. The number of aliphatic hydroxyl groups excluding tert-OH is 1. The minimum Gasteiger partial charge on any atom is -0.390 e. The Kier molecular flexibility index (Phi) is 10.2. The number of hydrogen-bond donors (Lipinski definition) is 4. The number of nitrogens with one attached hydrogen (secondary N) is 3. The molecule has 4 rings (SSSR count). The van der Waals surface area contributed by atoms with Gasteiger partial charge < -0.3 is 15.7 Å². The van der Waals surface area contributed by atoms with Gasteiger partial charge >= 0.3 is 0 Å². The number of halogens is 2. The smallest absolute Gasteiger partial charge is 0.271 e. The van der Waals surface area contributed by atoms with E-state index < -0.39 is 39.7 Å². The molecular weight excluding hydrogens is 568 g/mol. The third-order valence-corrected chi connectivity index (χ3v) is 9.16. The van der Waals surface area contributed by atoms with E-state index in [1.165, 1.54) is 35.9 Å². The summed E-state index contributed by atoms with van der Waals surface area (Å²) < 4.78 is 55.6. The SMILES string of the molecule is CCc1cccc(CNC[C@H](O)[C@H](Cc2cc(F)cc(F)c2)NC(=O)c2cccc(NS(=O)(=O)c3cccs3)c2)c1. The third-order valence-electron chi connectivity index (χ3n) is 6.38. The van der Waals surface area contributed by atoms with Crippen molar-refractivity contribution in [2.24, 2.45) is 0 Å². The van der Waals surface area contributed by atoms with E-state index >= 15 is 0 Å². The molecule has 0 radical (unpaired) electrons. The van der Waals surface area contributed by atoms with Gasteiger partial charge in [-0.05, 0) is 71.3 Å². The highest BCUT2D eigenvalue weighted by atomic mass is 32.2. The molecule has 0 bridgehead atoms. The van der Waals surface area contributed by atoms with Gasteiger partial charge in [-0.15, -0.1) is 11.3 Å². The monoisotopic (exact) mass is 599 g/mol. The maximum atomic E-state index is 13.9. The molecule has 0 saturated heterocycles. The summed E-state index contributed by atoms with van der Waals surface area (Å²) in [6.07, 6.45) is -0.259. The Morgan fingerprint density at radius 1 is 0.927 bits per heavy atom. The van der Waals surface area contributed by atoms with Crippen LogP contribution in [-0.4, -0.2) is 38.1 Å². The van der Waals surface area contributed by atoms with Gasteiger partial charge in [0.2, 0.25) is 0 Å². The van der Waals surface area contributed by atoms with Crippen molar-refractivity contribution >= 4 is 33.0 Å². The topological polar surface area (TPSA) is 108 Å². The van der Waals surface area contributed by atoms with Gasteiger partial charge in [-0.3, -0.25) is 9.52 Å². The summed E-state index contributed by atoms with van der Waals surface area (Å²) >= 11 is 1.06. The number of aryl methyl sites for hydroxylation is 1. The molecule has 1 heterocycles. The Hall–Kier alpha value is -3.64. The molecule has 0 saturated carbocycles. The number of anilines is 1. The van der Waals surface area contributed by atoms with E-state index in [0.717, 1.165) is 41.5 Å². The number of aliphatic hydroxyl groups is 1. The first-order valence-corrected chi connectivity index (χ1v) is 15.4. The van der Waals surface area contributed by atoms with Crippen molar-refractivity contribution in [2.75, 3.05) is 11.3 Å². The molecule has 1 amide bonds. The minimum atomic E-state index is -3.82.